The van der Waals surface area contributed by atoms with Gasteiger partial charge in [-0.15, -0.1) is 0 Å². The predicted octanol–water partition coefficient (Wildman–Crippen LogP) is 2.25. The van der Waals surface area contributed by atoms with Gasteiger partial charge in [-0.3, -0.25) is 0 Å². The second-order valence-corrected chi connectivity index (χ2v) is 6.58. The third-order valence-electron chi connectivity index (χ3n) is 4.63. The van der Waals surface area contributed by atoms with Crippen LogP contribution in [0.15, 0.2) is 24.4 Å². The summed E-state index contributed by atoms with van der Waals surface area (Å²) in [6, 6.07) is 5.51. The minimum absolute atomic E-state index is 0.380. The molecule has 6 heteroatoms. The minimum atomic E-state index is -0.520. The summed E-state index contributed by atoms with van der Waals surface area (Å²) in [5, 5.41) is 0.978. The maximum absolute atomic E-state index is 11.9. The third-order valence-corrected chi connectivity index (χ3v) is 4.63. The monoisotopic (exact) mass is 301 g/mol. The lowest BCUT2D eigenvalue weighted by Gasteiger charge is -2.32. The fourth-order valence-electron chi connectivity index (χ4n) is 2.60. The number of benzene rings is 1. The van der Waals surface area contributed by atoms with E-state index in [1.54, 1.807) is 12.1 Å². The predicted molar refractivity (Wildman–Crippen MR) is 85.4 cm³/mol. The number of aromatic nitrogens is 1. The molecule has 1 fully saturated rings. The van der Waals surface area contributed by atoms with Gasteiger partial charge in [0.25, 0.3) is 0 Å². The van der Waals surface area contributed by atoms with Crippen LogP contribution in [0.25, 0.3) is 10.9 Å². The smallest absolute Gasteiger partial charge is 0.465 e. The average molecular weight is 301 g/mol. The molecule has 0 unspecified atom stereocenters. The first-order chi connectivity index (χ1) is 10.2. The molecule has 1 aliphatic heterocycles. The number of esters is 1. The van der Waals surface area contributed by atoms with Gasteiger partial charge in [-0.2, -0.15) is 0 Å². The standard InChI is InChI=1S/C16H20BNO4/c1-15(2)16(3,4)22-17(21-15)12-8-10(14(19)20-5)9-13-11(12)6-7-18-13/h6-9,18H,1-5H3. The molecule has 5 nitrogen and oxygen atoms in total. The van der Waals surface area contributed by atoms with E-state index in [9.17, 15) is 4.79 Å². The van der Waals surface area contributed by atoms with Crippen LogP contribution in [-0.2, 0) is 14.0 Å². The van der Waals surface area contributed by atoms with E-state index < -0.39 is 18.3 Å². The average Bonchev–Trinajstić information content (AvgIpc) is 2.99. The van der Waals surface area contributed by atoms with E-state index in [0.717, 1.165) is 16.4 Å². The number of hydrogen-bond donors (Lipinski definition) is 1. The molecular formula is C16H20BNO4. The first-order valence-corrected chi connectivity index (χ1v) is 7.30. The first-order valence-electron chi connectivity index (χ1n) is 7.30. The Labute approximate surface area is 130 Å². The molecule has 0 saturated carbocycles. The molecule has 2 aromatic rings. The third kappa shape index (κ3) is 2.23. The Kier molecular flexibility index (Phi) is 3.34. The fraction of sp³-hybridized carbons (Fsp3) is 0.438. The molecule has 1 N–H and O–H groups in total. The van der Waals surface area contributed by atoms with Gasteiger partial charge in [-0.25, -0.2) is 4.79 Å². The lowest BCUT2D eigenvalue weighted by atomic mass is 9.76. The lowest BCUT2D eigenvalue weighted by Crippen LogP contribution is -2.41. The van der Waals surface area contributed by atoms with Crippen molar-refractivity contribution in [2.75, 3.05) is 7.11 Å². The van der Waals surface area contributed by atoms with Crippen LogP contribution >= 0.6 is 0 Å². The van der Waals surface area contributed by atoms with Crippen molar-refractivity contribution in [3.05, 3.63) is 30.0 Å². The van der Waals surface area contributed by atoms with Crippen LogP contribution in [0.4, 0.5) is 0 Å². The summed E-state index contributed by atoms with van der Waals surface area (Å²) in [6.45, 7) is 8.02. The van der Waals surface area contributed by atoms with Gasteiger partial charge in [0.05, 0.1) is 23.9 Å². The molecule has 0 aliphatic carbocycles. The lowest BCUT2D eigenvalue weighted by molar-refractivity contribution is 0.00578. The van der Waals surface area contributed by atoms with Crippen molar-refractivity contribution in [1.82, 2.24) is 4.98 Å². The zero-order chi connectivity index (χ0) is 16.1. The van der Waals surface area contributed by atoms with Crippen LogP contribution in [0, 0.1) is 0 Å². The van der Waals surface area contributed by atoms with Gasteiger partial charge in [0, 0.05) is 11.7 Å². The number of rotatable bonds is 2. The summed E-state index contributed by atoms with van der Waals surface area (Å²) in [7, 11) is 0.850. The highest BCUT2D eigenvalue weighted by atomic mass is 16.7. The molecule has 1 saturated heterocycles. The Bertz CT molecular complexity index is 719. The Morgan fingerprint density at radius 2 is 1.82 bits per heavy atom. The van der Waals surface area contributed by atoms with E-state index in [1.165, 1.54) is 7.11 Å². The molecule has 116 valence electrons. The van der Waals surface area contributed by atoms with Gasteiger partial charge in [0.1, 0.15) is 0 Å². The maximum atomic E-state index is 11.9. The number of carbonyl (C=O) groups excluding carboxylic acids is 1. The van der Waals surface area contributed by atoms with Crippen molar-refractivity contribution in [2.45, 2.75) is 38.9 Å². The molecule has 0 radical (unpaired) electrons. The van der Waals surface area contributed by atoms with Crippen LogP contribution in [-0.4, -0.2) is 36.4 Å². The number of ether oxygens (including phenoxy) is 1. The van der Waals surface area contributed by atoms with Crippen LogP contribution in [0.1, 0.15) is 38.1 Å². The second kappa shape index (κ2) is 4.86. The first kappa shape index (κ1) is 15.1. The van der Waals surface area contributed by atoms with Crippen molar-refractivity contribution < 1.29 is 18.8 Å². The summed E-state index contributed by atoms with van der Waals surface area (Å²) in [5.74, 6) is -0.380. The number of fused-ring (bicyclic) bond motifs is 1. The largest absolute Gasteiger partial charge is 0.495 e. The SMILES string of the molecule is COC(=O)c1cc(B2OC(C)(C)C(C)(C)O2)c2cc[nH]c2c1. The number of aromatic amines is 1. The molecule has 1 aliphatic rings. The summed E-state index contributed by atoms with van der Waals surface area (Å²) < 4.78 is 17.0. The van der Waals surface area contributed by atoms with Crippen LogP contribution < -0.4 is 5.46 Å². The Morgan fingerprint density at radius 3 is 2.41 bits per heavy atom. The van der Waals surface area contributed by atoms with Gasteiger partial charge in [0.15, 0.2) is 0 Å². The Hall–Kier alpha value is -1.79. The normalized spacial score (nSPS) is 19.6. The molecule has 0 bridgehead atoms. The van der Waals surface area contributed by atoms with Crippen LogP contribution in [0.5, 0.6) is 0 Å². The summed E-state index contributed by atoms with van der Waals surface area (Å²) >= 11 is 0. The molecule has 3 rings (SSSR count). The zero-order valence-corrected chi connectivity index (χ0v) is 13.5. The van der Waals surface area contributed by atoms with Gasteiger partial charge < -0.3 is 19.0 Å². The van der Waals surface area contributed by atoms with Crippen LogP contribution in [0.2, 0.25) is 0 Å². The number of nitrogens with one attached hydrogen (secondary N) is 1. The number of carbonyl (C=O) groups is 1. The molecule has 1 aromatic carbocycles. The minimum Gasteiger partial charge on any atom is -0.465 e. The summed E-state index contributed by atoms with van der Waals surface area (Å²) in [4.78, 5) is 15.0. The Morgan fingerprint density at radius 1 is 1.18 bits per heavy atom. The van der Waals surface area contributed by atoms with Crippen LogP contribution in [0.3, 0.4) is 0 Å². The van der Waals surface area contributed by atoms with Gasteiger partial charge >= 0.3 is 13.1 Å². The van der Waals surface area contributed by atoms with E-state index in [-0.39, 0.29) is 5.97 Å². The fourth-order valence-corrected chi connectivity index (χ4v) is 2.60. The topological polar surface area (TPSA) is 60.6 Å². The van der Waals surface area contributed by atoms with Crippen molar-refractivity contribution in [3.8, 4) is 0 Å². The quantitative estimate of drug-likeness (QED) is 0.683. The van der Waals surface area contributed by atoms with Crippen molar-refractivity contribution in [2.24, 2.45) is 0 Å². The van der Waals surface area contributed by atoms with Gasteiger partial charge in [-0.05, 0) is 56.7 Å². The highest BCUT2D eigenvalue weighted by Crippen LogP contribution is 2.37. The number of hydrogen-bond acceptors (Lipinski definition) is 4. The molecule has 22 heavy (non-hydrogen) atoms. The molecule has 2 heterocycles. The number of methoxy groups -OCH3 is 1. The highest BCUT2D eigenvalue weighted by molar-refractivity contribution is 6.65. The van der Waals surface area contributed by atoms with Crippen molar-refractivity contribution in [3.63, 3.8) is 0 Å². The Balaban J connectivity index is 2.11. The van der Waals surface area contributed by atoms with E-state index in [4.69, 9.17) is 14.0 Å². The van der Waals surface area contributed by atoms with Gasteiger partial charge in [-0.1, -0.05) is 0 Å². The molecule has 0 spiro atoms. The van der Waals surface area contributed by atoms with E-state index in [2.05, 4.69) is 4.98 Å². The molecule has 0 atom stereocenters. The van der Waals surface area contributed by atoms with Crippen molar-refractivity contribution in [1.29, 1.82) is 0 Å². The number of H-pyrrole nitrogens is 1. The zero-order valence-electron chi connectivity index (χ0n) is 13.5. The van der Waals surface area contributed by atoms with Crippen molar-refractivity contribution >= 4 is 29.5 Å². The molecule has 0 amide bonds. The summed E-state index contributed by atoms with van der Waals surface area (Å²) in [5.41, 5.74) is 1.30. The molecule has 1 aromatic heterocycles. The van der Waals surface area contributed by atoms with Gasteiger partial charge in [0.2, 0.25) is 0 Å². The van der Waals surface area contributed by atoms with E-state index in [0.29, 0.717) is 5.56 Å². The second-order valence-electron chi connectivity index (χ2n) is 6.58. The molecular weight excluding hydrogens is 281 g/mol. The van der Waals surface area contributed by atoms with E-state index >= 15 is 0 Å². The van der Waals surface area contributed by atoms with E-state index in [1.807, 2.05) is 40.0 Å². The maximum Gasteiger partial charge on any atom is 0.495 e. The highest BCUT2D eigenvalue weighted by Gasteiger charge is 2.52. The summed E-state index contributed by atoms with van der Waals surface area (Å²) in [6.07, 6.45) is 1.83.